The van der Waals surface area contributed by atoms with E-state index in [1.807, 2.05) is 0 Å². The third-order valence-corrected chi connectivity index (χ3v) is 7.07. The predicted molar refractivity (Wildman–Crippen MR) is 80.6 cm³/mol. The van der Waals surface area contributed by atoms with Crippen molar-refractivity contribution >= 4 is 21.4 Å². The summed E-state index contributed by atoms with van der Waals surface area (Å²) in [6.45, 7) is 4.33. The van der Waals surface area contributed by atoms with E-state index < -0.39 is 10.0 Å². The summed E-state index contributed by atoms with van der Waals surface area (Å²) >= 11 is 0.746. The summed E-state index contributed by atoms with van der Waals surface area (Å²) in [7, 11) is -3.54. The van der Waals surface area contributed by atoms with Crippen molar-refractivity contribution in [1.82, 2.24) is 9.71 Å². The molecule has 5 nitrogen and oxygen atoms in total. The van der Waals surface area contributed by atoms with Crippen LogP contribution in [0.1, 0.15) is 44.7 Å². The largest absolute Gasteiger partial charge is 0.315 e. The summed E-state index contributed by atoms with van der Waals surface area (Å²) in [5, 5.41) is 0. The van der Waals surface area contributed by atoms with Crippen molar-refractivity contribution < 1.29 is 8.42 Å². The normalized spacial score (nSPS) is 23.9. The van der Waals surface area contributed by atoms with E-state index in [1.165, 1.54) is 25.7 Å². The average Bonchev–Trinajstić information content (AvgIpc) is 2.72. The topological polar surface area (TPSA) is 79.0 Å². The highest BCUT2D eigenvalue weighted by molar-refractivity contribution is 7.91. The fraction of sp³-hybridized carbons (Fsp3) is 0.769. The minimum absolute atomic E-state index is 0.111. The van der Waals surface area contributed by atoms with Gasteiger partial charge in [-0.2, -0.15) is 0 Å². The highest BCUT2D eigenvalue weighted by atomic mass is 32.2. The first-order valence-corrected chi connectivity index (χ1v) is 9.38. The Morgan fingerprint density at radius 1 is 1.30 bits per heavy atom. The Morgan fingerprint density at radius 2 is 1.95 bits per heavy atom. The van der Waals surface area contributed by atoms with Crippen LogP contribution in [-0.2, 0) is 10.0 Å². The zero-order valence-corrected chi connectivity index (χ0v) is 13.6. The maximum atomic E-state index is 12.1. The van der Waals surface area contributed by atoms with Gasteiger partial charge in [0.2, 0.25) is 0 Å². The van der Waals surface area contributed by atoms with E-state index in [9.17, 15) is 13.2 Å². The smallest absolute Gasteiger partial charge is 0.305 e. The molecule has 1 aromatic rings. The highest BCUT2D eigenvalue weighted by Crippen LogP contribution is 2.30. The second-order valence-electron chi connectivity index (χ2n) is 5.74. The number of aromatic amines is 1. The maximum Gasteiger partial charge on any atom is 0.305 e. The summed E-state index contributed by atoms with van der Waals surface area (Å²) in [6, 6.07) is 0. The molecular formula is C13H22N2O3S2. The number of H-pyrrole nitrogens is 1. The molecule has 7 heteroatoms. The molecule has 0 radical (unpaired) electrons. The lowest BCUT2D eigenvalue weighted by Crippen LogP contribution is -2.27. The third kappa shape index (κ3) is 3.93. The number of nitrogens with one attached hydrogen (secondary N) is 2. The number of rotatable bonds is 5. The number of aromatic nitrogens is 1. The number of aryl methyl sites for hydroxylation is 1. The molecule has 1 aromatic heterocycles. The molecular weight excluding hydrogens is 296 g/mol. The van der Waals surface area contributed by atoms with Crippen molar-refractivity contribution in [3.8, 4) is 0 Å². The molecule has 1 aliphatic carbocycles. The Balaban J connectivity index is 1.87. The van der Waals surface area contributed by atoms with Gasteiger partial charge in [-0.3, -0.25) is 4.79 Å². The van der Waals surface area contributed by atoms with Crippen molar-refractivity contribution in [2.24, 2.45) is 11.8 Å². The Hall–Kier alpha value is -0.660. The van der Waals surface area contributed by atoms with E-state index in [0.29, 0.717) is 18.2 Å². The molecule has 0 amide bonds. The minimum atomic E-state index is -3.54. The van der Waals surface area contributed by atoms with Crippen LogP contribution in [0.4, 0.5) is 0 Å². The van der Waals surface area contributed by atoms with Gasteiger partial charge < -0.3 is 4.98 Å². The van der Waals surface area contributed by atoms with Gasteiger partial charge in [0.05, 0.1) is 0 Å². The SMILES string of the molecule is Cc1[nH]c(=O)sc1S(=O)(=O)NCCC1CCC(C)CC1. The van der Waals surface area contributed by atoms with Gasteiger partial charge in [-0.1, -0.05) is 43.9 Å². The molecule has 0 aromatic carbocycles. The summed E-state index contributed by atoms with van der Waals surface area (Å²) in [6.07, 6.45) is 5.76. The van der Waals surface area contributed by atoms with Crippen LogP contribution in [0.25, 0.3) is 0 Å². The Labute approximate surface area is 123 Å². The second-order valence-corrected chi connectivity index (χ2v) is 8.68. The van der Waals surface area contributed by atoms with Crippen LogP contribution < -0.4 is 9.60 Å². The van der Waals surface area contributed by atoms with Crippen LogP contribution >= 0.6 is 11.3 Å². The Bertz CT molecular complexity index is 595. The molecule has 1 heterocycles. The summed E-state index contributed by atoms with van der Waals surface area (Å²) in [4.78, 5) is 13.4. The molecule has 0 bridgehead atoms. The van der Waals surface area contributed by atoms with Crippen LogP contribution in [0.2, 0.25) is 0 Å². The third-order valence-electron chi connectivity index (χ3n) is 4.01. The molecule has 1 saturated carbocycles. The molecule has 0 aliphatic heterocycles. The van der Waals surface area contributed by atoms with E-state index in [0.717, 1.165) is 23.7 Å². The predicted octanol–water partition coefficient (Wildman–Crippen LogP) is 2.24. The highest BCUT2D eigenvalue weighted by Gasteiger charge is 2.22. The van der Waals surface area contributed by atoms with E-state index in [2.05, 4.69) is 16.6 Å². The molecule has 0 unspecified atom stereocenters. The lowest BCUT2D eigenvalue weighted by molar-refractivity contribution is 0.278. The van der Waals surface area contributed by atoms with Crippen LogP contribution in [-0.4, -0.2) is 19.9 Å². The van der Waals surface area contributed by atoms with Gasteiger partial charge in [0.1, 0.15) is 0 Å². The molecule has 2 N–H and O–H groups in total. The molecule has 0 atom stereocenters. The van der Waals surface area contributed by atoms with E-state index in [1.54, 1.807) is 6.92 Å². The molecule has 20 heavy (non-hydrogen) atoms. The number of hydrogen-bond acceptors (Lipinski definition) is 4. The van der Waals surface area contributed by atoms with Crippen LogP contribution in [0.15, 0.2) is 9.00 Å². The fourth-order valence-electron chi connectivity index (χ4n) is 2.73. The van der Waals surface area contributed by atoms with E-state index in [4.69, 9.17) is 0 Å². The van der Waals surface area contributed by atoms with Gasteiger partial charge in [-0.05, 0) is 25.2 Å². The molecule has 0 saturated heterocycles. The number of thiazole rings is 1. The van der Waals surface area contributed by atoms with Gasteiger partial charge in [0.15, 0.2) is 4.21 Å². The Kier molecular flexibility index (Phi) is 5.04. The Morgan fingerprint density at radius 3 is 2.50 bits per heavy atom. The molecule has 1 fully saturated rings. The zero-order chi connectivity index (χ0) is 14.8. The van der Waals surface area contributed by atoms with Gasteiger partial charge in [-0.25, -0.2) is 13.1 Å². The zero-order valence-electron chi connectivity index (χ0n) is 11.9. The van der Waals surface area contributed by atoms with Gasteiger partial charge in [0, 0.05) is 12.2 Å². The van der Waals surface area contributed by atoms with Crippen molar-refractivity contribution in [3.63, 3.8) is 0 Å². The van der Waals surface area contributed by atoms with E-state index >= 15 is 0 Å². The van der Waals surface area contributed by atoms with Gasteiger partial charge >= 0.3 is 4.87 Å². The van der Waals surface area contributed by atoms with Crippen LogP contribution in [0.5, 0.6) is 0 Å². The first-order chi connectivity index (χ1) is 9.38. The lowest BCUT2D eigenvalue weighted by Gasteiger charge is -2.26. The van der Waals surface area contributed by atoms with Crippen LogP contribution in [0.3, 0.4) is 0 Å². The second kappa shape index (κ2) is 6.41. The molecule has 0 spiro atoms. The van der Waals surface area contributed by atoms with Gasteiger partial charge in [-0.15, -0.1) is 0 Å². The monoisotopic (exact) mass is 318 g/mol. The summed E-state index contributed by atoms with van der Waals surface area (Å²) < 4.78 is 26.9. The number of sulfonamides is 1. The van der Waals surface area contributed by atoms with E-state index in [-0.39, 0.29) is 9.08 Å². The summed E-state index contributed by atoms with van der Waals surface area (Å²) in [5.41, 5.74) is 0.416. The first kappa shape index (κ1) is 15.7. The van der Waals surface area contributed by atoms with Gasteiger partial charge in [0.25, 0.3) is 10.0 Å². The van der Waals surface area contributed by atoms with Crippen molar-refractivity contribution in [2.75, 3.05) is 6.54 Å². The standard InChI is InChI=1S/C13H22N2O3S2/c1-9-3-5-11(6-4-9)7-8-14-20(17,18)12-10(2)15-13(16)19-12/h9,11,14H,3-8H2,1-2H3,(H,15,16). The summed E-state index contributed by atoms with van der Waals surface area (Å²) in [5.74, 6) is 1.43. The minimum Gasteiger partial charge on any atom is -0.315 e. The lowest BCUT2D eigenvalue weighted by atomic mass is 9.81. The molecule has 1 aliphatic rings. The van der Waals surface area contributed by atoms with Crippen LogP contribution in [0, 0.1) is 18.8 Å². The quantitative estimate of drug-likeness (QED) is 0.874. The maximum absolute atomic E-state index is 12.1. The van der Waals surface area contributed by atoms with Crippen molar-refractivity contribution in [1.29, 1.82) is 0 Å². The van der Waals surface area contributed by atoms with Crippen molar-refractivity contribution in [2.45, 2.75) is 50.2 Å². The number of hydrogen-bond donors (Lipinski definition) is 2. The molecule has 114 valence electrons. The first-order valence-electron chi connectivity index (χ1n) is 7.08. The average molecular weight is 318 g/mol. The van der Waals surface area contributed by atoms with Crippen molar-refractivity contribution in [3.05, 3.63) is 15.4 Å². The fourth-order valence-corrected chi connectivity index (χ4v) is 5.12. The molecule has 2 rings (SSSR count).